The number of hydrogen-bond donors (Lipinski definition) is 2. The van der Waals surface area contributed by atoms with Crippen LogP contribution in [0.2, 0.25) is 0 Å². The Kier molecular flexibility index (Phi) is 3.14. The van der Waals surface area contributed by atoms with Crippen molar-refractivity contribution in [1.29, 1.82) is 0 Å². The van der Waals surface area contributed by atoms with Crippen molar-refractivity contribution in [2.45, 2.75) is 19.1 Å². The predicted octanol–water partition coefficient (Wildman–Crippen LogP) is -0.434. The first-order chi connectivity index (χ1) is 3.63. The van der Waals surface area contributed by atoms with E-state index in [1.807, 2.05) is 0 Å². The van der Waals surface area contributed by atoms with Crippen molar-refractivity contribution < 1.29 is 15.0 Å². The Bertz CT molecular complexity index is 81.4. The van der Waals surface area contributed by atoms with Crippen molar-refractivity contribution in [1.82, 2.24) is 0 Å². The van der Waals surface area contributed by atoms with Gasteiger partial charge in [0.1, 0.15) is 6.23 Å². The molecule has 3 N–H and O–H groups in total. The lowest BCUT2D eigenvalue weighted by Gasteiger charge is -1.94. The van der Waals surface area contributed by atoms with Crippen LogP contribution in [0.1, 0.15) is 12.8 Å². The molecule has 1 atom stereocenters. The number of rotatable bonds is 3. The van der Waals surface area contributed by atoms with Crippen molar-refractivity contribution >= 4 is 5.97 Å². The normalized spacial score (nSPS) is 13.2. The molecule has 0 aliphatic heterocycles. The van der Waals surface area contributed by atoms with Crippen LogP contribution in [0.3, 0.4) is 0 Å². The number of carbonyl (C=O) groups is 1. The van der Waals surface area contributed by atoms with E-state index in [0.717, 1.165) is 0 Å². The Balaban J connectivity index is 3.05. The van der Waals surface area contributed by atoms with E-state index in [4.69, 9.17) is 10.8 Å². The minimum absolute atomic E-state index is 0.00926. The SMILES string of the molecule is NC([O])CCC(=O)O. The van der Waals surface area contributed by atoms with Crippen LogP contribution in [0, 0.1) is 0 Å². The van der Waals surface area contributed by atoms with Gasteiger partial charge in [-0.2, -0.15) is 0 Å². The fraction of sp³-hybridized carbons (Fsp3) is 0.750. The summed E-state index contributed by atoms with van der Waals surface area (Å²) < 4.78 is 0. The lowest BCUT2D eigenvalue weighted by molar-refractivity contribution is -0.137. The van der Waals surface area contributed by atoms with Crippen molar-refractivity contribution in [3.05, 3.63) is 0 Å². The number of carboxylic acid groups (broad SMARTS) is 1. The fourth-order valence-electron chi connectivity index (χ4n) is 0.266. The first kappa shape index (κ1) is 7.39. The third-order valence-electron chi connectivity index (χ3n) is 0.643. The quantitative estimate of drug-likeness (QED) is 0.493. The Hall–Kier alpha value is -0.610. The van der Waals surface area contributed by atoms with Crippen molar-refractivity contribution in [3.63, 3.8) is 0 Å². The van der Waals surface area contributed by atoms with Crippen LogP contribution >= 0.6 is 0 Å². The Morgan fingerprint density at radius 2 is 2.25 bits per heavy atom. The highest BCUT2D eigenvalue weighted by Gasteiger charge is 2.01. The summed E-state index contributed by atoms with van der Waals surface area (Å²) in [6, 6.07) is 0. The Morgan fingerprint density at radius 1 is 1.75 bits per heavy atom. The van der Waals surface area contributed by atoms with Gasteiger partial charge in [0.2, 0.25) is 0 Å². The van der Waals surface area contributed by atoms with Gasteiger partial charge in [0.15, 0.2) is 0 Å². The second-order valence-corrected chi connectivity index (χ2v) is 1.47. The molecule has 0 heterocycles. The molecule has 4 heteroatoms. The molecule has 0 aromatic carbocycles. The summed E-state index contributed by atoms with van der Waals surface area (Å²) in [5.74, 6) is -0.976. The number of hydrogen-bond acceptors (Lipinski definition) is 2. The minimum atomic E-state index is -1.24. The van der Waals surface area contributed by atoms with Gasteiger partial charge in [-0.25, -0.2) is 5.11 Å². The topological polar surface area (TPSA) is 83.2 Å². The van der Waals surface area contributed by atoms with Gasteiger partial charge in [-0.1, -0.05) is 0 Å². The molecular formula is C4H8NO3. The first-order valence-corrected chi connectivity index (χ1v) is 2.26. The Labute approximate surface area is 46.9 Å². The minimum Gasteiger partial charge on any atom is -0.481 e. The largest absolute Gasteiger partial charge is 0.481 e. The van der Waals surface area contributed by atoms with Gasteiger partial charge in [-0.15, -0.1) is 0 Å². The van der Waals surface area contributed by atoms with E-state index >= 15 is 0 Å². The van der Waals surface area contributed by atoms with Gasteiger partial charge < -0.3 is 10.8 Å². The van der Waals surface area contributed by atoms with E-state index in [9.17, 15) is 9.90 Å². The highest BCUT2D eigenvalue weighted by atomic mass is 16.4. The molecule has 0 aromatic heterocycles. The van der Waals surface area contributed by atoms with Crippen LogP contribution < -0.4 is 5.73 Å². The van der Waals surface area contributed by atoms with Crippen molar-refractivity contribution in [3.8, 4) is 0 Å². The van der Waals surface area contributed by atoms with Crippen LogP contribution in [0.25, 0.3) is 0 Å². The number of nitrogens with two attached hydrogens (primary N) is 1. The van der Waals surface area contributed by atoms with E-state index in [1.165, 1.54) is 0 Å². The zero-order chi connectivity index (χ0) is 6.57. The molecule has 0 aromatic rings. The van der Waals surface area contributed by atoms with Crippen LogP contribution in [-0.4, -0.2) is 17.3 Å². The molecular weight excluding hydrogens is 110 g/mol. The molecule has 8 heavy (non-hydrogen) atoms. The summed E-state index contributed by atoms with van der Waals surface area (Å²) >= 11 is 0. The molecule has 0 saturated heterocycles. The summed E-state index contributed by atoms with van der Waals surface area (Å²) in [4.78, 5) is 9.71. The summed E-state index contributed by atoms with van der Waals surface area (Å²) in [6.07, 6.45) is -1.37. The zero-order valence-electron chi connectivity index (χ0n) is 4.33. The maximum absolute atomic E-state index is 9.95. The maximum Gasteiger partial charge on any atom is 0.303 e. The maximum atomic E-state index is 9.95. The van der Waals surface area contributed by atoms with Gasteiger partial charge in [0.25, 0.3) is 0 Å². The molecule has 0 amide bonds. The molecule has 47 valence electrons. The second-order valence-electron chi connectivity index (χ2n) is 1.47. The molecule has 0 bridgehead atoms. The van der Waals surface area contributed by atoms with E-state index < -0.39 is 12.2 Å². The molecule has 0 fully saturated rings. The third kappa shape index (κ3) is 5.39. The first-order valence-electron chi connectivity index (χ1n) is 2.26. The van der Waals surface area contributed by atoms with E-state index in [2.05, 4.69) is 0 Å². The zero-order valence-corrected chi connectivity index (χ0v) is 4.33. The fourth-order valence-corrected chi connectivity index (χ4v) is 0.266. The second kappa shape index (κ2) is 3.40. The lowest BCUT2D eigenvalue weighted by atomic mass is 10.3. The molecule has 1 radical (unpaired) electrons. The average Bonchev–Trinajstić information content (AvgIpc) is 1.61. The monoisotopic (exact) mass is 118 g/mol. The standard InChI is InChI=1S/C4H8NO3/c5-3(6)1-2-4(7)8/h3H,1-2,5H2,(H,7,8). The smallest absolute Gasteiger partial charge is 0.303 e. The molecule has 4 nitrogen and oxygen atoms in total. The lowest BCUT2D eigenvalue weighted by Crippen LogP contribution is -2.17. The van der Waals surface area contributed by atoms with E-state index in [0.29, 0.717) is 0 Å². The third-order valence-corrected chi connectivity index (χ3v) is 0.643. The molecule has 0 rings (SSSR count). The molecule has 1 unspecified atom stereocenters. The summed E-state index contributed by atoms with van der Waals surface area (Å²) in [5, 5.41) is 17.9. The van der Waals surface area contributed by atoms with Gasteiger partial charge >= 0.3 is 5.97 Å². The van der Waals surface area contributed by atoms with Gasteiger partial charge in [-0.3, -0.25) is 4.79 Å². The molecule has 0 aliphatic rings. The van der Waals surface area contributed by atoms with Crippen LogP contribution in [-0.2, 0) is 9.90 Å². The highest BCUT2D eigenvalue weighted by Crippen LogP contribution is 1.89. The van der Waals surface area contributed by atoms with Crippen LogP contribution in [0.5, 0.6) is 0 Å². The number of aliphatic carboxylic acids is 1. The van der Waals surface area contributed by atoms with Gasteiger partial charge in [0, 0.05) is 12.8 Å². The van der Waals surface area contributed by atoms with Crippen molar-refractivity contribution in [2.24, 2.45) is 5.73 Å². The number of carboxylic acids is 1. The summed E-state index contributed by atoms with van der Waals surface area (Å²) in [7, 11) is 0. The molecule has 0 aliphatic carbocycles. The summed E-state index contributed by atoms with van der Waals surface area (Å²) in [6.45, 7) is 0. The van der Waals surface area contributed by atoms with E-state index in [-0.39, 0.29) is 12.8 Å². The molecule has 0 spiro atoms. The van der Waals surface area contributed by atoms with E-state index in [1.54, 1.807) is 0 Å². The van der Waals surface area contributed by atoms with Crippen molar-refractivity contribution in [2.75, 3.05) is 0 Å². The van der Waals surface area contributed by atoms with Gasteiger partial charge in [0.05, 0.1) is 0 Å². The van der Waals surface area contributed by atoms with Crippen LogP contribution in [0.15, 0.2) is 0 Å². The van der Waals surface area contributed by atoms with Gasteiger partial charge in [-0.05, 0) is 0 Å². The Morgan fingerprint density at radius 3 is 2.38 bits per heavy atom. The average molecular weight is 118 g/mol. The summed E-state index contributed by atoms with van der Waals surface area (Å²) in [5.41, 5.74) is 4.72. The highest BCUT2D eigenvalue weighted by molar-refractivity contribution is 5.66. The predicted molar refractivity (Wildman–Crippen MR) is 25.5 cm³/mol. The molecule has 0 saturated carbocycles. The van der Waals surface area contributed by atoms with Crippen LogP contribution in [0.4, 0.5) is 0 Å².